The summed E-state index contributed by atoms with van der Waals surface area (Å²) >= 11 is 1.45. The zero-order valence-corrected chi connectivity index (χ0v) is 21.7. The Morgan fingerprint density at radius 3 is 2.71 bits per heavy atom. The molecule has 0 radical (unpaired) electrons. The number of ether oxygens (including phenoxy) is 2. The van der Waals surface area contributed by atoms with E-state index in [1.807, 2.05) is 24.3 Å². The van der Waals surface area contributed by atoms with E-state index in [4.69, 9.17) is 9.47 Å². The highest BCUT2D eigenvalue weighted by molar-refractivity contribution is 7.17. The van der Waals surface area contributed by atoms with E-state index in [0.29, 0.717) is 27.7 Å². The molecule has 1 aliphatic carbocycles. The molecule has 4 aromatic rings. The summed E-state index contributed by atoms with van der Waals surface area (Å²) in [4.78, 5) is 34.1. The van der Waals surface area contributed by atoms with E-state index in [1.54, 1.807) is 37.3 Å². The number of H-pyrrole nitrogens is 1. The van der Waals surface area contributed by atoms with E-state index in [1.165, 1.54) is 11.3 Å². The Morgan fingerprint density at radius 2 is 1.95 bits per heavy atom. The molecule has 0 fully saturated rings. The van der Waals surface area contributed by atoms with Crippen LogP contribution in [0.5, 0.6) is 5.75 Å². The Kier molecular flexibility index (Phi) is 7.52. The third-order valence-electron chi connectivity index (χ3n) is 6.23. The van der Waals surface area contributed by atoms with Crippen molar-refractivity contribution in [3.05, 3.63) is 75.9 Å². The number of rotatable bonds is 8. The summed E-state index contributed by atoms with van der Waals surface area (Å²) < 4.78 is 10.9. The Labute approximate surface area is 223 Å². The quantitative estimate of drug-likeness (QED) is 0.223. The van der Waals surface area contributed by atoms with Crippen LogP contribution in [0, 0.1) is 11.3 Å². The van der Waals surface area contributed by atoms with Crippen molar-refractivity contribution >= 4 is 50.9 Å². The molecule has 0 saturated carbocycles. The van der Waals surface area contributed by atoms with E-state index in [0.717, 1.165) is 52.7 Å². The van der Waals surface area contributed by atoms with Gasteiger partial charge in [-0.2, -0.15) is 5.26 Å². The lowest BCUT2D eigenvalue weighted by atomic mass is 9.95. The number of nitrogens with zero attached hydrogens (tertiary/aromatic N) is 2. The smallest absolute Gasteiger partial charge is 0.341 e. The maximum absolute atomic E-state index is 12.7. The van der Waals surface area contributed by atoms with Crippen LogP contribution in [0.3, 0.4) is 0 Å². The number of aryl methyl sites for hydroxylation is 1. The summed E-state index contributed by atoms with van der Waals surface area (Å²) in [5.74, 6) is 0.264. The second kappa shape index (κ2) is 11.3. The Hall–Kier alpha value is -4.42. The number of para-hydroxylation sites is 2. The van der Waals surface area contributed by atoms with Crippen molar-refractivity contribution in [1.29, 1.82) is 5.26 Å². The average Bonchev–Trinajstić information content (AvgIpc) is 3.52. The van der Waals surface area contributed by atoms with Crippen LogP contribution in [0.4, 0.5) is 5.00 Å². The first-order chi connectivity index (χ1) is 18.6. The predicted octanol–water partition coefficient (Wildman–Crippen LogP) is 5.76. The first-order valence-electron chi connectivity index (χ1n) is 12.5. The number of benzene rings is 2. The van der Waals surface area contributed by atoms with Gasteiger partial charge in [-0.3, -0.25) is 4.79 Å². The molecule has 192 valence electrons. The number of carbonyl (C=O) groups is 2. The van der Waals surface area contributed by atoms with Crippen LogP contribution in [0.15, 0.2) is 48.5 Å². The molecule has 38 heavy (non-hydrogen) atoms. The summed E-state index contributed by atoms with van der Waals surface area (Å²) in [7, 11) is 0. The van der Waals surface area contributed by atoms with E-state index < -0.39 is 5.97 Å². The molecule has 2 aromatic carbocycles. The maximum atomic E-state index is 12.7. The van der Waals surface area contributed by atoms with Gasteiger partial charge in [-0.15, -0.1) is 11.3 Å². The van der Waals surface area contributed by atoms with Crippen LogP contribution >= 0.6 is 11.3 Å². The molecule has 8 nitrogen and oxygen atoms in total. The SMILES string of the molecule is CCOC(=O)c1c(NC(=O)COc2ccc(C=C(C#N)c3nc4ccccc4[nH]3)cc2)sc2c1CCCC2. The average molecular weight is 527 g/mol. The van der Waals surface area contributed by atoms with Crippen molar-refractivity contribution in [2.24, 2.45) is 0 Å². The van der Waals surface area contributed by atoms with Crippen molar-refractivity contribution < 1.29 is 19.1 Å². The van der Waals surface area contributed by atoms with Gasteiger partial charge in [-0.25, -0.2) is 9.78 Å². The largest absolute Gasteiger partial charge is 0.484 e. The monoisotopic (exact) mass is 526 g/mol. The number of hydrogen-bond acceptors (Lipinski definition) is 7. The molecule has 0 aliphatic heterocycles. The van der Waals surface area contributed by atoms with Crippen LogP contribution in [0.1, 0.15) is 52.0 Å². The van der Waals surface area contributed by atoms with Crippen molar-refractivity contribution in [2.45, 2.75) is 32.6 Å². The number of imidazole rings is 1. The third-order valence-corrected chi connectivity index (χ3v) is 7.44. The van der Waals surface area contributed by atoms with Gasteiger partial charge < -0.3 is 19.8 Å². The molecule has 2 N–H and O–H groups in total. The molecule has 2 aromatic heterocycles. The molecule has 1 aliphatic rings. The highest BCUT2D eigenvalue weighted by atomic mass is 32.1. The lowest BCUT2D eigenvalue weighted by Crippen LogP contribution is -2.21. The minimum Gasteiger partial charge on any atom is -0.484 e. The highest BCUT2D eigenvalue weighted by Crippen LogP contribution is 2.38. The van der Waals surface area contributed by atoms with Crippen molar-refractivity contribution in [2.75, 3.05) is 18.5 Å². The molecule has 0 spiro atoms. The second-order valence-corrected chi connectivity index (χ2v) is 9.92. The Morgan fingerprint density at radius 1 is 1.16 bits per heavy atom. The number of aromatic nitrogens is 2. The number of aromatic amines is 1. The molecule has 0 bridgehead atoms. The number of nitrogens with one attached hydrogen (secondary N) is 2. The Bertz CT molecular complexity index is 1530. The molecule has 9 heteroatoms. The molecule has 0 unspecified atom stereocenters. The molecular weight excluding hydrogens is 500 g/mol. The fourth-order valence-corrected chi connectivity index (χ4v) is 5.74. The van der Waals surface area contributed by atoms with Gasteiger partial charge in [0.1, 0.15) is 22.6 Å². The van der Waals surface area contributed by atoms with Crippen LogP contribution in [0.2, 0.25) is 0 Å². The molecule has 0 atom stereocenters. The Balaban J connectivity index is 1.23. The van der Waals surface area contributed by atoms with Crippen molar-refractivity contribution in [3.63, 3.8) is 0 Å². The number of hydrogen-bond donors (Lipinski definition) is 2. The van der Waals surface area contributed by atoms with Gasteiger partial charge in [-0.05, 0) is 74.1 Å². The van der Waals surface area contributed by atoms with Crippen LogP contribution in [0.25, 0.3) is 22.7 Å². The van der Waals surface area contributed by atoms with E-state index in [9.17, 15) is 14.9 Å². The standard InChI is InChI=1S/C29H26N4O4S/c1-2-36-29(35)26-21-7-3-6-10-24(21)38-28(26)33-25(34)17-37-20-13-11-18(12-14-20)15-19(16-30)27-31-22-8-4-5-9-23(22)32-27/h4-5,8-9,11-15H,2-3,6-7,10,17H2,1H3,(H,31,32)(H,33,34). The number of carbonyl (C=O) groups excluding carboxylic acids is 2. The van der Waals surface area contributed by atoms with Crippen LogP contribution < -0.4 is 10.1 Å². The fraction of sp³-hybridized carbons (Fsp3) is 0.241. The van der Waals surface area contributed by atoms with Gasteiger partial charge in [0, 0.05) is 4.88 Å². The van der Waals surface area contributed by atoms with Gasteiger partial charge in [-0.1, -0.05) is 24.3 Å². The van der Waals surface area contributed by atoms with E-state index in [2.05, 4.69) is 21.4 Å². The minimum atomic E-state index is -0.397. The van der Waals surface area contributed by atoms with Gasteiger partial charge in [0.15, 0.2) is 6.61 Å². The lowest BCUT2D eigenvalue weighted by molar-refractivity contribution is -0.118. The highest BCUT2D eigenvalue weighted by Gasteiger charge is 2.27. The molecule has 2 heterocycles. The van der Waals surface area contributed by atoms with Crippen molar-refractivity contribution in [3.8, 4) is 11.8 Å². The van der Waals surface area contributed by atoms with Gasteiger partial charge >= 0.3 is 5.97 Å². The van der Waals surface area contributed by atoms with Gasteiger partial charge in [0.2, 0.25) is 0 Å². The third kappa shape index (κ3) is 5.45. The summed E-state index contributed by atoms with van der Waals surface area (Å²) in [6.45, 7) is 1.84. The number of nitriles is 1. The first kappa shape index (κ1) is 25.2. The number of fused-ring (bicyclic) bond motifs is 2. The summed E-state index contributed by atoms with van der Waals surface area (Å²) in [5, 5.41) is 13.0. The second-order valence-electron chi connectivity index (χ2n) is 8.81. The number of thiophene rings is 1. The minimum absolute atomic E-state index is 0.206. The number of allylic oxidation sites excluding steroid dienone is 1. The zero-order valence-electron chi connectivity index (χ0n) is 20.9. The van der Waals surface area contributed by atoms with E-state index in [-0.39, 0.29) is 19.1 Å². The summed E-state index contributed by atoms with van der Waals surface area (Å²) in [6, 6.07) is 16.9. The summed E-state index contributed by atoms with van der Waals surface area (Å²) in [5.41, 5.74) is 4.34. The number of anilines is 1. The number of amides is 1. The summed E-state index contributed by atoms with van der Waals surface area (Å²) in [6.07, 6.45) is 5.56. The first-order valence-corrected chi connectivity index (χ1v) is 13.3. The molecular formula is C29H26N4O4S. The fourth-order valence-electron chi connectivity index (χ4n) is 4.45. The van der Waals surface area contributed by atoms with Crippen LogP contribution in [-0.2, 0) is 22.4 Å². The predicted molar refractivity (Wildman–Crippen MR) is 147 cm³/mol. The van der Waals surface area contributed by atoms with Crippen molar-refractivity contribution in [1.82, 2.24) is 9.97 Å². The van der Waals surface area contributed by atoms with E-state index >= 15 is 0 Å². The lowest BCUT2D eigenvalue weighted by Gasteiger charge is -2.12. The number of esters is 1. The van der Waals surface area contributed by atoms with Gasteiger partial charge in [0.05, 0.1) is 28.8 Å². The molecule has 0 saturated heterocycles. The molecule has 5 rings (SSSR count). The zero-order chi connectivity index (χ0) is 26.5. The molecule has 1 amide bonds. The van der Waals surface area contributed by atoms with Gasteiger partial charge in [0.25, 0.3) is 5.91 Å². The van der Waals surface area contributed by atoms with Crippen LogP contribution in [-0.4, -0.2) is 35.1 Å². The topological polar surface area (TPSA) is 117 Å². The normalized spacial score (nSPS) is 13.0. The maximum Gasteiger partial charge on any atom is 0.341 e.